The zero-order valence-corrected chi connectivity index (χ0v) is 8.74. The minimum atomic E-state index is 0.459. The largest absolute Gasteiger partial charge is 0.398 e. The van der Waals surface area contributed by atoms with Crippen LogP contribution in [0.25, 0.3) is 0 Å². The summed E-state index contributed by atoms with van der Waals surface area (Å²) in [7, 11) is 0. The van der Waals surface area contributed by atoms with Crippen LogP contribution >= 0.6 is 27.5 Å². The topological polar surface area (TPSA) is 43.1 Å². The van der Waals surface area contributed by atoms with Gasteiger partial charge < -0.3 is 5.73 Å². The second-order valence-corrected chi connectivity index (χ2v) is 3.62. The Bertz CT molecular complexity index is 312. The number of carbonyl (C=O) groups is 1. The first kappa shape index (κ1) is 9.55. The van der Waals surface area contributed by atoms with Crippen molar-refractivity contribution in [3.63, 3.8) is 0 Å². The molecule has 0 spiro atoms. The number of rotatable bonds is 1. The van der Waals surface area contributed by atoms with Crippen LogP contribution in [0, 0.1) is 6.92 Å². The molecule has 0 bridgehead atoms. The molecule has 1 aromatic rings. The standard InChI is InChI=1S/C8H7BrClNO/c1-4-5(3-12)8(9)6(10)2-7(4)11/h2-3H,11H2,1H3. The fourth-order valence-electron chi connectivity index (χ4n) is 0.897. The molecular weight excluding hydrogens is 241 g/mol. The van der Waals surface area contributed by atoms with Crippen molar-refractivity contribution in [1.29, 1.82) is 0 Å². The molecule has 0 saturated carbocycles. The quantitative estimate of drug-likeness (QED) is 0.613. The maximum atomic E-state index is 10.6. The predicted molar refractivity (Wildman–Crippen MR) is 53.7 cm³/mol. The van der Waals surface area contributed by atoms with Crippen LogP contribution in [0.1, 0.15) is 15.9 Å². The van der Waals surface area contributed by atoms with Crippen LogP contribution in [-0.2, 0) is 0 Å². The van der Waals surface area contributed by atoms with Crippen LogP contribution in [0.5, 0.6) is 0 Å². The van der Waals surface area contributed by atoms with Crippen molar-refractivity contribution in [2.75, 3.05) is 5.73 Å². The highest BCUT2D eigenvalue weighted by molar-refractivity contribution is 9.10. The second kappa shape index (κ2) is 3.46. The molecule has 2 N–H and O–H groups in total. The Kier molecular flexibility index (Phi) is 2.75. The van der Waals surface area contributed by atoms with E-state index in [0.717, 1.165) is 11.8 Å². The van der Waals surface area contributed by atoms with Gasteiger partial charge in [0.1, 0.15) is 0 Å². The van der Waals surface area contributed by atoms with Crippen molar-refractivity contribution in [2.45, 2.75) is 6.92 Å². The van der Waals surface area contributed by atoms with E-state index in [2.05, 4.69) is 15.9 Å². The number of hydrogen-bond acceptors (Lipinski definition) is 2. The number of hydrogen-bond donors (Lipinski definition) is 1. The van der Waals surface area contributed by atoms with E-state index in [0.29, 0.717) is 20.7 Å². The van der Waals surface area contributed by atoms with E-state index in [1.165, 1.54) is 0 Å². The summed E-state index contributed by atoms with van der Waals surface area (Å²) in [6.07, 6.45) is 0.738. The number of carbonyl (C=O) groups excluding carboxylic acids is 1. The van der Waals surface area contributed by atoms with Gasteiger partial charge in [-0.05, 0) is 34.5 Å². The SMILES string of the molecule is Cc1c(N)cc(Cl)c(Br)c1C=O. The number of nitrogen functional groups attached to an aromatic ring is 1. The summed E-state index contributed by atoms with van der Waals surface area (Å²) in [5.74, 6) is 0. The molecule has 0 unspecified atom stereocenters. The molecule has 0 aromatic heterocycles. The molecule has 1 rings (SSSR count). The fourth-order valence-corrected chi connectivity index (χ4v) is 1.62. The summed E-state index contributed by atoms with van der Waals surface area (Å²) in [6.45, 7) is 1.78. The molecule has 0 atom stereocenters. The molecule has 0 aliphatic heterocycles. The average Bonchev–Trinajstić information content (AvgIpc) is 2.02. The van der Waals surface area contributed by atoms with Gasteiger partial charge in [-0.3, -0.25) is 4.79 Å². The van der Waals surface area contributed by atoms with E-state index in [-0.39, 0.29) is 0 Å². The molecule has 0 aliphatic carbocycles. The molecule has 0 saturated heterocycles. The van der Waals surface area contributed by atoms with Crippen molar-refractivity contribution >= 4 is 39.5 Å². The third-order valence-corrected chi connectivity index (χ3v) is 3.06. The zero-order valence-electron chi connectivity index (χ0n) is 6.40. The highest BCUT2D eigenvalue weighted by Crippen LogP contribution is 2.31. The molecule has 1 aromatic carbocycles. The van der Waals surface area contributed by atoms with E-state index in [1.807, 2.05) is 0 Å². The molecule has 2 nitrogen and oxygen atoms in total. The van der Waals surface area contributed by atoms with E-state index in [9.17, 15) is 4.79 Å². The van der Waals surface area contributed by atoms with Crippen LogP contribution < -0.4 is 5.73 Å². The second-order valence-electron chi connectivity index (χ2n) is 2.42. The van der Waals surface area contributed by atoms with Gasteiger partial charge in [0.25, 0.3) is 0 Å². The molecule has 0 aliphatic rings. The average molecular weight is 249 g/mol. The van der Waals surface area contributed by atoms with Gasteiger partial charge in [0.05, 0.1) is 5.02 Å². The minimum absolute atomic E-state index is 0.459. The molecule has 0 fully saturated rings. The summed E-state index contributed by atoms with van der Waals surface area (Å²) < 4.78 is 0.603. The lowest BCUT2D eigenvalue weighted by Gasteiger charge is -2.06. The lowest BCUT2D eigenvalue weighted by Crippen LogP contribution is -1.96. The van der Waals surface area contributed by atoms with Crippen molar-refractivity contribution in [3.05, 3.63) is 26.7 Å². The highest BCUT2D eigenvalue weighted by atomic mass is 79.9. The van der Waals surface area contributed by atoms with E-state index >= 15 is 0 Å². The Morgan fingerprint density at radius 1 is 1.67 bits per heavy atom. The maximum absolute atomic E-state index is 10.6. The summed E-state index contributed by atoms with van der Waals surface area (Å²) in [4.78, 5) is 10.6. The van der Waals surface area contributed by atoms with Gasteiger partial charge >= 0.3 is 0 Å². The first-order valence-electron chi connectivity index (χ1n) is 3.27. The van der Waals surface area contributed by atoms with Crippen LogP contribution in [-0.4, -0.2) is 6.29 Å². The van der Waals surface area contributed by atoms with Crippen molar-refractivity contribution in [2.24, 2.45) is 0 Å². The lowest BCUT2D eigenvalue weighted by atomic mass is 10.1. The van der Waals surface area contributed by atoms with Crippen LogP contribution in [0.3, 0.4) is 0 Å². The van der Waals surface area contributed by atoms with E-state index in [4.69, 9.17) is 17.3 Å². The molecule has 0 amide bonds. The number of aldehydes is 1. The summed E-state index contributed by atoms with van der Waals surface area (Å²) in [6, 6.07) is 1.62. The first-order valence-corrected chi connectivity index (χ1v) is 4.44. The Labute approximate surface area is 83.8 Å². The van der Waals surface area contributed by atoms with Crippen LogP contribution in [0.4, 0.5) is 5.69 Å². The first-order chi connectivity index (χ1) is 5.57. The van der Waals surface area contributed by atoms with E-state index in [1.54, 1.807) is 13.0 Å². The molecule has 12 heavy (non-hydrogen) atoms. The molecule has 0 heterocycles. The Balaban J connectivity index is 3.52. The normalized spacial score (nSPS) is 9.92. The van der Waals surface area contributed by atoms with Gasteiger partial charge in [0.15, 0.2) is 6.29 Å². The highest BCUT2D eigenvalue weighted by Gasteiger charge is 2.09. The molecule has 0 radical (unpaired) electrons. The van der Waals surface area contributed by atoms with Gasteiger partial charge in [-0.15, -0.1) is 0 Å². The third-order valence-electron chi connectivity index (χ3n) is 1.68. The van der Waals surface area contributed by atoms with Gasteiger partial charge in [0.2, 0.25) is 0 Å². The molecular formula is C8H7BrClNO. The summed E-state index contributed by atoms with van der Waals surface area (Å²) >= 11 is 8.99. The monoisotopic (exact) mass is 247 g/mol. The predicted octanol–water partition coefficient (Wildman–Crippen LogP) is 2.81. The Hall–Kier alpha value is -0.540. The van der Waals surface area contributed by atoms with Gasteiger partial charge in [-0.25, -0.2) is 0 Å². The maximum Gasteiger partial charge on any atom is 0.151 e. The third kappa shape index (κ3) is 1.47. The van der Waals surface area contributed by atoms with Gasteiger partial charge in [-0.2, -0.15) is 0 Å². The van der Waals surface area contributed by atoms with Gasteiger partial charge in [0, 0.05) is 15.7 Å². The van der Waals surface area contributed by atoms with Crippen molar-refractivity contribution in [3.8, 4) is 0 Å². The smallest absolute Gasteiger partial charge is 0.151 e. The molecule has 4 heteroatoms. The zero-order chi connectivity index (χ0) is 9.30. The Morgan fingerprint density at radius 2 is 2.25 bits per heavy atom. The number of nitrogens with two attached hydrogens (primary N) is 1. The number of benzene rings is 1. The van der Waals surface area contributed by atoms with Crippen LogP contribution in [0.2, 0.25) is 5.02 Å². The molecule has 64 valence electrons. The van der Waals surface area contributed by atoms with Crippen molar-refractivity contribution in [1.82, 2.24) is 0 Å². The summed E-state index contributed by atoms with van der Waals surface area (Å²) in [5.41, 5.74) is 7.40. The Morgan fingerprint density at radius 3 is 2.75 bits per heavy atom. The minimum Gasteiger partial charge on any atom is -0.398 e. The number of halogens is 2. The number of anilines is 1. The van der Waals surface area contributed by atoms with Gasteiger partial charge in [-0.1, -0.05) is 11.6 Å². The fraction of sp³-hybridized carbons (Fsp3) is 0.125. The van der Waals surface area contributed by atoms with E-state index < -0.39 is 0 Å². The van der Waals surface area contributed by atoms with Crippen molar-refractivity contribution < 1.29 is 4.79 Å². The summed E-state index contributed by atoms with van der Waals surface area (Å²) in [5, 5.41) is 0.459. The van der Waals surface area contributed by atoms with Crippen LogP contribution in [0.15, 0.2) is 10.5 Å². The lowest BCUT2D eigenvalue weighted by molar-refractivity contribution is 0.112.